The number of ether oxygens (including phenoxy) is 2. The lowest BCUT2D eigenvalue weighted by Crippen LogP contribution is -2.31. The molecule has 2 amide bonds. The van der Waals surface area contributed by atoms with Crippen molar-refractivity contribution in [3.05, 3.63) is 23.8 Å². The molecule has 2 rings (SSSR count). The topological polar surface area (TPSA) is 55.8 Å². The molecule has 0 aliphatic carbocycles. The zero-order valence-corrected chi connectivity index (χ0v) is 13.9. The molecule has 1 atom stereocenters. The van der Waals surface area contributed by atoms with Crippen LogP contribution in [0.5, 0.6) is 11.5 Å². The quantitative estimate of drug-likeness (QED) is 0.772. The minimum atomic E-state index is -0.347. The lowest BCUT2D eigenvalue weighted by molar-refractivity contribution is -0.126. The van der Waals surface area contributed by atoms with Gasteiger partial charge in [0.1, 0.15) is 0 Å². The Bertz CT molecular complexity index is 561. The van der Waals surface area contributed by atoms with Crippen molar-refractivity contribution in [2.24, 2.45) is 0 Å². The molecule has 0 saturated carbocycles. The Balaban J connectivity index is 2.14. The highest BCUT2D eigenvalue weighted by atomic mass is 32.2. The molecule has 1 fully saturated rings. The largest absolute Gasteiger partial charge is 0.490 e. The van der Waals surface area contributed by atoms with Gasteiger partial charge >= 0.3 is 0 Å². The Hall–Kier alpha value is -1.69. The van der Waals surface area contributed by atoms with Crippen LogP contribution in [0.2, 0.25) is 0 Å². The van der Waals surface area contributed by atoms with Gasteiger partial charge in [-0.3, -0.25) is 14.5 Å². The number of benzene rings is 1. The highest BCUT2D eigenvalue weighted by Gasteiger charge is 2.38. The average molecular weight is 323 g/mol. The Morgan fingerprint density at radius 3 is 2.36 bits per heavy atom. The van der Waals surface area contributed by atoms with Gasteiger partial charge in [0.05, 0.1) is 18.5 Å². The van der Waals surface area contributed by atoms with E-state index in [2.05, 4.69) is 0 Å². The molecule has 0 N–H and O–H groups in total. The molecule has 120 valence electrons. The molecule has 1 saturated heterocycles. The number of thioether (sulfide) groups is 1. The van der Waals surface area contributed by atoms with Crippen LogP contribution in [0, 0.1) is 0 Å². The molecule has 0 unspecified atom stereocenters. The van der Waals surface area contributed by atoms with E-state index >= 15 is 0 Å². The van der Waals surface area contributed by atoms with Gasteiger partial charge in [0, 0.05) is 6.54 Å². The first kappa shape index (κ1) is 16.7. The molecule has 0 aromatic heterocycles. The van der Waals surface area contributed by atoms with E-state index in [0.29, 0.717) is 37.7 Å². The molecule has 0 radical (unpaired) electrons. The third-order valence-electron chi connectivity index (χ3n) is 3.35. The maximum atomic E-state index is 12.2. The molecule has 5 nitrogen and oxygen atoms in total. The van der Waals surface area contributed by atoms with Crippen molar-refractivity contribution in [1.29, 1.82) is 0 Å². The molecule has 22 heavy (non-hydrogen) atoms. The number of hydrogen-bond donors (Lipinski definition) is 0. The summed E-state index contributed by atoms with van der Waals surface area (Å²) in [5.74, 6) is 1.27. The van der Waals surface area contributed by atoms with Crippen LogP contribution in [0.1, 0.15) is 26.3 Å². The van der Waals surface area contributed by atoms with E-state index in [1.807, 2.05) is 39.0 Å². The van der Waals surface area contributed by atoms with Crippen LogP contribution >= 0.6 is 11.8 Å². The number of carbonyl (C=O) groups excluding carboxylic acids is 2. The molecule has 1 aromatic rings. The number of carbonyl (C=O) groups is 2. The molecular formula is C16H21NO4S. The van der Waals surface area contributed by atoms with Crippen molar-refractivity contribution in [3.63, 3.8) is 0 Å². The van der Waals surface area contributed by atoms with Crippen molar-refractivity contribution in [2.75, 3.05) is 19.8 Å². The van der Waals surface area contributed by atoms with Crippen molar-refractivity contribution >= 4 is 22.9 Å². The number of hydrogen-bond acceptors (Lipinski definition) is 5. The first-order valence-electron chi connectivity index (χ1n) is 7.51. The lowest BCUT2D eigenvalue weighted by Gasteiger charge is -2.14. The molecule has 6 heteroatoms. The summed E-state index contributed by atoms with van der Waals surface area (Å²) in [6.45, 7) is 7.18. The minimum absolute atomic E-state index is 0.107. The van der Waals surface area contributed by atoms with Gasteiger partial charge in [-0.15, -0.1) is 0 Å². The van der Waals surface area contributed by atoms with Crippen LogP contribution in [0.25, 0.3) is 0 Å². The van der Waals surface area contributed by atoms with E-state index in [1.54, 1.807) is 0 Å². The summed E-state index contributed by atoms with van der Waals surface area (Å²) < 4.78 is 11.1. The maximum absolute atomic E-state index is 12.2. The minimum Gasteiger partial charge on any atom is -0.490 e. The third-order valence-corrected chi connectivity index (χ3v) is 4.42. The Morgan fingerprint density at radius 2 is 1.77 bits per heavy atom. The van der Waals surface area contributed by atoms with E-state index in [4.69, 9.17) is 9.47 Å². The summed E-state index contributed by atoms with van der Waals surface area (Å²) in [6, 6.07) is 5.66. The van der Waals surface area contributed by atoms with Crippen molar-refractivity contribution in [1.82, 2.24) is 4.90 Å². The zero-order valence-electron chi connectivity index (χ0n) is 13.1. The fourth-order valence-corrected chi connectivity index (χ4v) is 3.44. The van der Waals surface area contributed by atoms with Gasteiger partial charge < -0.3 is 9.47 Å². The van der Waals surface area contributed by atoms with Crippen LogP contribution in [-0.4, -0.2) is 41.1 Å². The number of nitrogens with zero attached hydrogens (tertiary/aromatic N) is 1. The lowest BCUT2D eigenvalue weighted by atomic mass is 10.1. The van der Waals surface area contributed by atoms with Gasteiger partial charge in [-0.1, -0.05) is 17.8 Å². The SMILES string of the molecule is CCOc1ccc(C[C@@H]2SC(=O)N(CC)C2=O)cc1OCC. The Kier molecular flexibility index (Phi) is 5.71. The molecule has 1 heterocycles. The normalized spacial score (nSPS) is 18.0. The average Bonchev–Trinajstić information content (AvgIpc) is 2.76. The summed E-state index contributed by atoms with van der Waals surface area (Å²) in [5, 5.41) is -0.506. The predicted octanol–water partition coefficient (Wildman–Crippen LogP) is 3.11. The number of imide groups is 1. The van der Waals surface area contributed by atoms with Crippen LogP contribution in [0.4, 0.5) is 4.79 Å². The maximum Gasteiger partial charge on any atom is 0.289 e. The first-order chi connectivity index (χ1) is 10.6. The molecule has 1 aliphatic heterocycles. The zero-order chi connectivity index (χ0) is 16.1. The van der Waals surface area contributed by atoms with Gasteiger partial charge in [-0.05, 0) is 44.9 Å². The number of rotatable bonds is 7. The fourth-order valence-electron chi connectivity index (χ4n) is 2.35. The van der Waals surface area contributed by atoms with E-state index in [0.717, 1.165) is 17.3 Å². The van der Waals surface area contributed by atoms with Crippen LogP contribution in [0.15, 0.2) is 18.2 Å². The first-order valence-corrected chi connectivity index (χ1v) is 8.39. The predicted molar refractivity (Wildman–Crippen MR) is 86.6 cm³/mol. The molecule has 0 bridgehead atoms. The highest BCUT2D eigenvalue weighted by molar-refractivity contribution is 8.15. The van der Waals surface area contributed by atoms with E-state index in [9.17, 15) is 9.59 Å². The second-order valence-electron chi connectivity index (χ2n) is 4.81. The highest BCUT2D eigenvalue weighted by Crippen LogP contribution is 2.33. The van der Waals surface area contributed by atoms with Gasteiger partial charge in [0.2, 0.25) is 5.91 Å². The second-order valence-corrected chi connectivity index (χ2v) is 5.96. The molecule has 1 aromatic carbocycles. The van der Waals surface area contributed by atoms with Crippen molar-refractivity contribution < 1.29 is 19.1 Å². The van der Waals surface area contributed by atoms with Crippen LogP contribution < -0.4 is 9.47 Å². The molecule has 0 spiro atoms. The van der Waals surface area contributed by atoms with E-state index in [-0.39, 0.29) is 16.4 Å². The summed E-state index contributed by atoms with van der Waals surface area (Å²) in [4.78, 5) is 25.2. The van der Waals surface area contributed by atoms with E-state index in [1.165, 1.54) is 4.90 Å². The molecular weight excluding hydrogens is 302 g/mol. The smallest absolute Gasteiger partial charge is 0.289 e. The Morgan fingerprint density at radius 1 is 1.09 bits per heavy atom. The standard InChI is InChI=1S/C16H21NO4S/c1-4-17-15(18)14(22-16(17)19)10-11-7-8-12(20-5-2)13(9-11)21-6-3/h7-9,14H,4-6,10H2,1-3H3/t14-/m0/s1. The summed E-state index contributed by atoms with van der Waals surface area (Å²) in [6.07, 6.45) is 0.512. The third kappa shape index (κ3) is 3.55. The summed E-state index contributed by atoms with van der Waals surface area (Å²) in [5.41, 5.74) is 0.962. The molecule has 1 aliphatic rings. The Labute approximate surface area is 135 Å². The van der Waals surface area contributed by atoms with E-state index < -0.39 is 0 Å². The van der Waals surface area contributed by atoms with Crippen molar-refractivity contribution in [3.8, 4) is 11.5 Å². The van der Waals surface area contributed by atoms with Crippen LogP contribution in [-0.2, 0) is 11.2 Å². The summed E-state index contributed by atoms with van der Waals surface area (Å²) in [7, 11) is 0. The second kappa shape index (κ2) is 7.54. The number of amides is 2. The van der Waals surface area contributed by atoms with Gasteiger partial charge in [-0.25, -0.2) is 0 Å². The monoisotopic (exact) mass is 323 g/mol. The summed E-state index contributed by atoms with van der Waals surface area (Å²) >= 11 is 1.10. The van der Waals surface area contributed by atoms with Crippen molar-refractivity contribution in [2.45, 2.75) is 32.4 Å². The van der Waals surface area contributed by atoms with Gasteiger partial charge in [-0.2, -0.15) is 0 Å². The van der Waals surface area contributed by atoms with Crippen LogP contribution in [0.3, 0.4) is 0 Å². The van der Waals surface area contributed by atoms with Gasteiger partial charge in [0.15, 0.2) is 11.5 Å². The van der Waals surface area contributed by atoms with Gasteiger partial charge in [0.25, 0.3) is 5.24 Å². The fraction of sp³-hybridized carbons (Fsp3) is 0.500.